The van der Waals surface area contributed by atoms with Gasteiger partial charge in [-0.2, -0.15) is 0 Å². The van der Waals surface area contributed by atoms with Gasteiger partial charge in [0.25, 0.3) is 0 Å². The summed E-state index contributed by atoms with van der Waals surface area (Å²) in [6.07, 6.45) is 4.10. The molecule has 4 heteroatoms. The second kappa shape index (κ2) is 4.28. The molecular weight excluding hydrogens is 178 g/mol. The van der Waals surface area contributed by atoms with Gasteiger partial charge in [0.15, 0.2) is 11.6 Å². The van der Waals surface area contributed by atoms with E-state index in [1.165, 1.54) is 12.8 Å². The molecule has 1 saturated heterocycles. The Morgan fingerprint density at radius 3 is 3.29 bits per heavy atom. The summed E-state index contributed by atoms with van der Waals surface area (Å²) in [4.78, 5) is 4.05. The average Bonchev–Trinajstić information content (AvgIpc) is 2.69. The van der Waals surface area contributed by atoms with Crippen LogP contribution in [0.5, 0.6) is 5.75 Å². The monoisotopic (exact) mass is 193 g/mol. The third-order valence-corrected chi connectivity index (χ3v) is 2.46. The molecule has 0 amide bonds. The Kier molecular flexibility index (Phi) is 2.84. The normalized spacial score (nSPS) is 21.0. The number of aromatic hydroxyl groups is 1. The zero-order valence-electron chi connectivity index (χ0n) is 8.03. The van der Waals surface area contributed by atoms with Gasteiger partial charge in [0.2, 0.25) is 0 Å². The van der Waals surface area contributed by atoms with Crippen molar-refractivity contribution in [1.29, 1.82) is 0 Å². The molecule has 0 aromatic carbocycles. The Balaban J connectivity index is 1.88. The van der Waals surface area contributed by atoms with Gasteiger partial charge in [-0.3, -0.25) is 0 Å². The van der Waals surface area contributed by atoms with Gasteiger partial charge in [0.1, 0.15) is 0 Å². The molecule has 1 aromatic rings. The van der Waals surface area contributed by atoms with Crippen LogP contribution in [-0.4, -0.2) is 29.2 Å². The van der Waals surface area contributed by atoms with Crippen LogP contribution >= 0.6 is 0 Å². The Morgan fingerprint density at radius 2 is 2.57 bits per heavy atom. The average molecular weight is 193 g/mol. The second-order valence-electron chi connectivity index (χ2n) is 3.55. The van der Waals surface area contributed by atoms with Gasteiger partial charge in [-0.1, -0.05) is 0 Å². The molecule has 76 valence electrons. The fraction of sp³-hybridized carbons (Fsp3) is 0.500. The predicted molar refractivity (Wildman–Crippen MR) is 55.4 cm³/mol. The molecule has 3 N–H and O–H groups in total. The number of nitrogens with zero attached hydrogens (tertiary/aromatic N) is 1. The molecule has 0 aliphatic carbocycles. The molecule has 4 nitrogen and oxygen atoms in total. The molecular formula is C10H15N3O. The summed E-state index contributed by atoms with van der Waals surface area (Å²) in [5.74, 6) is 0.784. The third kappa shape index (κ3) is 2.14. The van der Waals surface area contributed by atoms with Gasteiger partial charge in [-0.15, -0.1) is 0 Å². The Hall–Kier alpha value is -1.29. The molecule has 0 radical (unpaired) electrons. The van der Waals surface area contributed by atoms with Crippen molar-refractivity contribution >= 4 is 5.82 Å². The molecule has 0 spiro atoms. The van der Waals surface area contributed by atoms with Crippen molar-refractivity contribution in [2.75, 3.05) is 18.4 Å². The summed E-state index contributed by atoms with van der Waals surface area (Å²) in [7, 11) is 0. The van der Waals surface area contributed by atoms with E-state index in [4.69, 9.17) is 0 Å². The Morgan fingerprint density at radius 1 is 1.64 bits per heavy atom. The maximum atomic E-state index is 9.44. The van der Waals surface area contributed by atoms with Gasteiger partial charge in [-0.25, -0.2) is 4.98 Å². The largest absolute Gasteiger partial charge is 0.504 e. The quantitative estimate of drug-likeness (QED) is 0.669. The molecule has 1 fully saturated rings. The van der Waals surface area contributed by atoms with Crippen LogP contribution in [0.25, 0.3) is 0 Å². The highest BCUT2D eigenvalue weighted by Gasteiger charge is 2.13. The zero-order valence-corrected chi connectivity index (χ0v) is 8.03. The molecule has 0 unspecified atom stereocenters. The van der Waals surface area contributed by atoms with Gasteiger partial charge in [0, 0.05) is 18.8 Å². The zero-order chi connectivity index (χ0) is 9.80. The fourth-order valence-corrected chi connectivity index (χ4v) is 1.68. The van der Waals surface area contributed by atoms with E-state index in [2.05, 4.69) is 15.6 Å². The van der Waals surface area contributed by atoms with Crippen LogP contribution in [0, 0.1) is 0 Å². The van der Waals surface area contributed by atoms with Crippen molar-refractivity contribution in [3.63, 3.8) is 0 Å². The van der Waals surface area contributed by atoms with Crippen LogP contribution in [0.2, 0.25) is 0 Å². The van der Waals surface area contributed by atoms with Crippen molar-refractivity contribution in [2.45, 2.75) is 18.9 Å². The molecule has 2 rings (SSSR count). The summed E-state index contributed by atoms with van der Waals surface area (Å²) >= 11 is 0. The fourth-order valence-electron chi connectivity index (χ4n) is 1.68. The minimum Gasteiger partial charge on any atom is -0.504 e. The summed E-state index contributed by atoms with van der Waals surface area (Å²) in [5.41, 5.74) is 0. The molecule has 1 atom stereocenters. The van der Waals surface area contributed by atoms with E-state index in [9.17, 15) is 5.11 Å². The molecule has 0 bridgehead atoms. The van der Waals surface area contributed by atoms with E-state index in [-0.39, 0.29) is 5.75 Å². The van der Waals surface area contributed by atoms with Crippen molar-refractivity contribution in [2.24, 2.45) is 0 Å². The molecule has 2 heterocycles. The summed E-state index contributed by atoms with van der Waals surface area (Å²) in [5, 5.41) is 15.9. The molecule has 1 aliphatic rings. The predicted octanol–water partition coefficient (Wildman–Crippen LogP) is 0.951. The Bertz CT molecular complexity index is 297. The highest BCUT2D eigenvalue weighted by molar-refractivity contribution is 5.48. The van der Waals surface area contributed by atoms with Gasteiger partial charge < -0.3 is 15.7 Å². The van der Waals surface area contributed by atoms with E-state index in [0.717, 1.165) is 13.1 Å². The first-order chi connectivity index (χ1) is 6.86. The number of hydrogen-bond acceptors (Lipinski definition) is 4. The van der Waals surface area contributed by atoms with E-state index < -0.39 is 0 Å². The number of aromatic nitrogens is 1. The molecule has 0 saturated carbocycles. The van der Waals surface area contributed by atoms with Crippen molar-refractivity contribution in [3.8, 4) is 5.75 Å². The maximum Gasteiger partial charge on any atom is 0.168 e. The maximum absolute atomic E-state index is 9.44. The van der Waals surface area contributed by atoms with Crippen molar-refractivity contribution < 1.29 is 5.11 Å². The molecule has 1 aromatic heterocycles. The standard InChI is InChI=1S/C10H15N3O/c14-9-4-2-6-12-10(9)13-7-8-3-1-5-11-8/h2,4,6,8,11,14H,1,3,5,7H2,(H,12,13)/t8-/m1/s1. The smallest absolute Gasteiger partial charge is 0.168 e. The van der Waals surface area contributed by atoms with Crippen LogP contribution < -0.4 is 10.6 Å². The van der Waals surface area contributed by atoms with E-state index in [1.54, 1.807) is 18.3 Å². The number of anilines is 1. The lowest BCUT2D eigenvalue weighted by molar-refractivity contribution is 0.474. The van der Waals surface area contributed by atoms with E-state index in [1.807, 2.05) is 0 Å². The van der Waals surface area contributed by atoms with Crippen LogP contribution in [0.15, 0.2) is 18.3 Å². The first-order valence-electron chi connectivity index (χ1n) is 4.97. The van der Waals surface area contributed by atoms with Crippen LogP contribution in [-0.2, 0) is 0 Å². The topological polar surface area (TPSA) is 57.2 Å². The highest BCUT2D eigenvalue weighted by Crippen LogP contribution is 2.18. The first kappa shape index (κ1) is 9.27. The van der Waals surface area contributed by atoms with Crippen LogP contribution in [0.3, 0.4) is 0 Å². The lowest BCUT2D eigenvalue weighted by Gasteiger charge is -2.12. The van der Waals surface area contributed by atoms with Crippen LogP contribution in [0.4, 0.5) is 5.82 Å². The van der Waals surface area contributed by atoms with Gasteiger partial charge in [0.05, 0.1) is 0 Å². The number of rotatable bonds is 3. The number of nitrogens with one attached hydrogen (secondary N) is 2. The highest BCUT2D eigenvalue weighted by atomic mass is 16.3. The summed E-state index contributed by atoms with van der Waals surface area (Å²) < 4.78 is 0. The number of hydrogen-bond donors (Lipinski definition) is 3. The van der Waals surface area contributed by atoms with Gasteiger partial charge in [-0.05, 0) is 31.5 Å². The van der Waals surface area contributed by atoms with E-state index in [0.29, 0.717) is 11.9 Å². The second-order valence-corrected chi connectivity index (χ2v) is 3.55. The Labute approximate surface area is 83.4 Å². The SMILES string of the molecule is Oc1cccnc1NC[C@H]1CCCN1. The first-order valence-corrected chi connectivity index (χ1v) is 4.97. The van der Waals surface area contributed by atoms with Gasteiger partial charge >= 0.3 is 0 Å². The van der Waals surface area contributed by atoms with Crippen molar-refractivity contribution in [3.05, 3.63) is 18.3 Å². The summed E-state index contributed by atoms with van der Waals surface area (Å²) in [6.45, 7) is 1.92. The molecule has 14 heavy (non-hydrogen) atoms. The third-order valence-electron chi connectivity index (χ3n) is 2.46. The van der Waals surface area contributed by atoms with Crippen LogP contribution in [0.1, 0.15) is 12.8 Å². The van der Waals surface area contributed by atoms with Crippen molar-refractivity contribution in [1.82, 2.24) is 10.3 Å². The van der Waals surface area contributed by atoms with E-state index >= 15 is 0 Å². The number of pyridine rings is 1. The lowest BCUT2D eigenvalue weighted by atomic mass is 10.2. The molecule has 1 aliphatic heterocycles. The minimum atomic E-state index is 0.213. The minimum absolute atomic E-state index is 0.213. The summed E-state index contributed by atoms with van der Waals surface area (Å²) in [6, 6.07) is 3.86. The lowest BCUT2D eigenvalue weighted by Crippen LogP contribution is -2.29.